The van der Waals surface area contributed by atoms with Crippen molar-refractivity contribution in [2.24, 2.45) is 0 Å². The number of hydrogen-bond donors (Lipinski definition) is 0. The quantitative estimate of drug-likeness (QED) is 0.342. The summed E-state index contributed by atoms with van der Waals surface area (Å²) in [5.74, 6) is 0.731. The van der Waals surface area contributed by atoms with Gasteiger partial charge in [-0.25, -0.2) is 0 Å². The molecule has 13 heavy (non-hydrogen) atoms. The maximum absolute atomic E-state index is 5.19. The molecule has 0 bridgehead atoms. The minimum absolute atomic E-state index is 0.263. The normalized spacial score (nSPS) is 12.0. The molecule has 0 rings (SSSR count). The van der Waals surface area contributed by atoms with Crippen LogP contribution < -0.4 is 0 Å². The first-order valence-corrected chi connectivity index (χ1v) is 4.46. The summed E-state index contributed by atoms with van der Waals surface area (Å²) in [5, 5.41) is 0. The lowest BCUT2D eigenvalue weighted by atomic mass is 10.3. The van der Waals surface area contributed by atoms with Crippen LogP contribution >= 0.6 is 0 Å². The highest BCUT2D eigenvalue weighted by Crippen LogP contribution is 1.99. The number of hydrogen-bond acceptors (Lipinski definition) is 2. The summed E-state index contributed by atoms with van der Waals surface area (Å²) in [6.07, 6.45) is 9.85. The Morgan fingerprint density at radius 1 is 1.46 bits per heavy atom. The van der Waals surface area contributed by atoms with Crippen molar-refractivity contribution in [3.63, 3.8) is 0 Å². The molecule has 0 aromatic rings. The van der Waals surface area contributed by atoms with Gasteiger partial charge in [-0.15, -0.1) is 0 Å². The summed E-state index contributed by atoms with van der Waals surface area (Å²) >= 11 is 0. The Morgan fingerprint density at radius 2 is 2.23 bits per heavy atom. The smallest absolute Gasteiger partial charge is 0.188 e. The first kappa shape index (κ1) is 12.0. The largest absolute Gasteiger partial charge is 0.468 e. The van der Waals surface area contributed by atoms with E-state index < -0.39 is 0 Å². The predicted molar refractivity (Wildman–Crippen MR) is 55.3 cm³/mol. The molecule has 0 spiro atoms. The van der Waals surface area contributed by atoms with Gasteiger partial charge in [0.15, 0.2) is 6.79 Å². The van der Waals surface area contributed by atoms with Crippen molar-refractivity contribution in [3.8, 4) is 0 Å². The third-order valence-electron chi connectivity index (χ3n) is 1.40. The van der Waals surface area contributed by atoms with Gasteiger partial charge in [-0.3, -0.25) is 0 Å². The first-order chi connectivity index (χ1) is 6.35. The molecule has 0 amide bonds. The number of rotatable bonds is 7. The standard InChI is InChI=1S/C11H18O2/c1-4-6-7-8-9-11(5-2)13-10-12-3/h5,7-9H,2,4,6,10H2,1,3H3/b8-7-,11-9+. The van der Waals surface area contributed by atoms with E-state index in [4.69, 9.17) is 9.47 Å². The number of ether oxygens (including phenoxy) is 2. The van der Waals surface area contributed by atoms with Gasteiger partial charge in [-0.1, -0.05) is 32.1 Å². The van der Waals surface area contributed by atoms with Gasteiger partial charge in [0.05, 0.1) is 0 Å². The van der Waals surface area contributed by atoms with Crippen LogP contribution in [0.2, 0.25) is 0 Å². The summed E-state index contributed by atoms with van der Waals surface area (Å²) in [6, 6.07) is 0. The minimum Gasteiger partial charge on any atom is -0.468 e. The topological polar surface area (TPSA) is 18.5 Å². The number of allylic oxidation sites excluding steroid dienone is 4. The van der Waals surface area contributed by atoms with E-state index in [1.54, 1.807) is 13.2 Å². The molecule has 0 fully saturated rings. The Balaban J connectivity index is 3.83. The molecule has 0 aromatic carbocycles. The monoisotopic (exact) mass is 182 g/mol. The van der Waals surface area contributed by atoms with Crippen molar-refractivity contribution in [1.82, 2.24) is 0 Å². The van der Waals surface area contributed by atoms with Crippen LogP contribution in [0.15, 0.2) is 36.6 Å². The van der Waals surface area contributed by atoms with Gasteiger partial charge in [-0.05, 0) is 18.6 Å². The minimum atomic E-state index is 0.263. The Bertz CT molecular complexity index is 181. The lowest BCUT2D eigenvalue weighted by Gasteiger charge is -2.02. The average Bonchev–Trinajstić information content (AvgIpc) is 2.17. The van der Waals surface area contributed by atoms with Crippen LogP contribution in [-0.2, 0) is 9.47 Å². The van der Waals surface area contributed by atoms with E-state index in [1.165, 1.54) is 0 Å². The highest BCUT2D eigenvalue weighted by molar-refractivity contribution is 5.16. The fourth-order valence-corrected chi connectivity index (χ4v) is 0.728. The van der Waals surface area contributed by atoms with Crippen molar-refractivity contribution in [1.29, 1.82) is 0 Å². The van der Waals surface area contributed by atoms with Crippen molar-refractivity contribution in [2.45, 2.75) is 19.8 Å². The number of unbranched alkanes of at least 4 members (excludes halogenated alkanes) is 1. The molecule has 74 valence electrons. The molecule has 0 aliphatic carbocycles. The summed E-state index contributed by atoms with van der Waals surface area (Å²) in [7, 11) is 1.59. The van der Waals surface area contributed by atoms with Crippen molar-refractivity contribution < 1.29 is 9.47 Å². The Morgan fingerprint density at radius 3 is 2.77 bits per heavy atom. The van der Waals surface area contributed by atoms with Crippen LogP contribution in [0.1, 0.15) is 19.8 Å². The second-order valence-corrected chi connectivity index (χ2v) is 2.54. The maximum atomic E-state index is 5.19. The van der Waals surface area contributed by atoms with E-state index in [0.717, 1.165) is 18.6 Å². The van der Waals surface area contributed by atoms with Crippen LogP contribution in [-0.4, -0.2) is 13.9 Å². The molecule has 0 saturated heterocycles. The van der Waals surface area contributed by atoms with Crippen LogP contribution in [0, 0.1) is 0 Å². The predicted octanol–water partition coefficient (Wildman–Crippen LogP) is 3.03. The molecule has 0 N–H and O–H groups in total. The van der Waals surface area contributed by atoms with Crippen molar-refractivity contribution >= 4 is 0 Å². The van der Waals surface area contributed by atoms with Gasteiger partial charge >= 0.3 is 0 Å². The lowest BCUT2D eigenvalue weighted by Crippen LogP contribution is -1.93. The second-order valence-electron chi connectivity index (χ2n) is 2.54. The molecule has 0 aliphatic heterocycles. The van der Waals surface area contributed by atoms with E-state index in [9.17, 15) is 0 Å². The molecule has 0 unspecified atom stereocenters. The average molecular weight is 182 g/mol. The van der Waals surface area contributed by atoms with Gasteiger partial charge in [0.2, 0.25) is 0 Å². The van der Waals surface area contributed by atoms with E-state index >= 15 is 0 Å². The van der Waals surface area contributed by atoms with Gasteiger partial charge in [-0.2, -0.15) is 0 Å². The van der Waals surface area contributed by atoms with Crippen LogP contribution in [0.4, 0.5) is 0 Å². The number of methoxy groups -OCH3 is 1. The SMILES string of the molecule is C=C/C(=C\C=C/CCC)OCOC. The van der Waals surface area contributed by atoms with Crippen LogP contribution in [0.5, 0.6) is 0 Å². The Hall–Kier alpha value is -1.02. The first-order valence-electron chi connectivity index (χ1n) is 4.46. The molecule has 0 aliphatic rings. The zero-order valence-corrected chi connectivity index (χ0v) is 8.45. The zero-order valence-electron chi connectivity index (χ0n) is 8.45. The molecule has 0 radical (unpaired) electrons. The zero-order chi connectivity index (χ0) is 9.94. The van der Waals surface area contributed by atoms with Crippen LogP contribution in [0.25, 0.3) is 0 Å². The van der Waals surface area contributed by atoms with Gasteiger partial charge in [0.25, 0.3) is 0 Å². The van der Waals surface area contributed by atoms with Crippen LogP contribution in [0.3, 0.4) is 0 Å². The summed E-state index contributed by atoms with van der Waals surface area (Å²) in [4.78, 5) is 0. The molecular formula is C11H18O2. The second kappa shape index (κ2) is 9.07. The summed E-state index contributed by atoms with van der Waals surface area (Å²) in [5.41, 5.74) is 0. The third kappa shape index (κ3) is 7.34. The molecule has 0 heterocycles. The van der Waals surface area contributed by atoms with E-state index in [-0.39, 0.29) is 6.79 Å². The van der Waals surface area contributed by atoms with E-state index in [2.05, 4.69) is 19.6 Å². The van der Waals surface area contributed by atoms with Crippen molar-refractivity contribution in [2.75, 3.05) is 13.9 Å². The molecule has 0 aromatic heterocycles. The molecule has 2 heteroatoms. The highest BCUT2D eigenvalue weighted by Gasteiger charge is 1.87. The lowest BCUT2D eigenvalue weighted by molar-refractivity contribution is 0.0102. The molecule has 0 atom stereocenters. The molecular weight excluding hydrogens is 164 g/mol. The molecule has 2 nitrogen and oxygen atoms in total. The Kier molecular flexibility index (Phi) is 8.36. The van der Waals surface area contributed by atoms with E-state index in [1.807, 2.05) is 12.2 Å². The van der Waals surface area contributed by atoms with Gasteiger partial charge < -0.3 is 9.47 Å². The highest BCUT2D eigenvalue weighted by atomic mass is 16.7. The maximum Gasteiger partial charge on any atom is 0.188 e. The van der Waals surface area contributed by atoms with E-state index in [0.29, 0.717) is 0 Å². The third-order valence-corrected chi connectivity index (χ3v) is 1.40. The van der Waals surface area contributed by atoms with Gasteiger partial charge in [0, 0.05) is 7.11 Å². The molecule has 0 saturated carbocycles. The fraction of sp³-hybridized carbons (Fsp3) is 0.455. The summed E-state index contributed by atoms with van der Waals surface area (Å²) < 4.78 is 9.96. The van der Waals surface area contributed by atoms with Gasteiger partial charge in [0.1, 0.15) is 5.76 Å². The Labute approximate surface area is 80.5 Å². The van der Waals surface area contributed by atoms with Crippen molar-refractivity contribution in [3.05, 3.63) is 36.6 Å². The fourth-order valence-electron chi connectivity index (χ4n) is 0.728. The summed E-state index contributed by atoms with van der Waals surface area (Å²) in [6.45, 7) is 6.04.